The Bertz CT molecular complexity index is 89.7. The molecule has 12 heavy (non-hydrogen) atoms. The monoisotopic (exact) mass is 174 g/mol. The highest BCUT2D eigenvalue weighted by atomic mass is 16.7. The van der Waals surface area contributed by atoms with E-state index in [1.165, 1.54) is 19.3 Å². The molecule has 2 heteroatoms. The number of hydrogen-bond acceptors (Lipinski definition) is 2. The van der Waals surface area contributed by atoms with Crippen LogP contribution in [-0.4, -0.2) is 20.0 Å². The SMILES string of the molecule is CCCCCC(CC)(OC)OC. The number of rotatable bonds is 7. The molecule has 0 aromatic carbocycles. The summed E-state index contributed by atoms with van der Waals surface area (Å²) in [4.78, 5) is 0. The third-order valence-corrected chi connectivity index (χ3v) is 2.44. The lowest BCUT2D eigenvalue weighted by Crippen LogP contribution is -2.32. The maximum Gasteiger partial charge on any atom is 0.167 e. The van der Waals surface area contributed by atoms with Crippen LogP contribution in [0, 0.1) is 0 Å². The fraction of sp³-hybridized carbons (Fsp3) is 1.00. The van der Waals surface area contributed by atoms with Gasteiger partial charge in [0.15, 0.2) is 5.79 Å². The summed E-state index contributed by atoms with van der Waals surface area (Å²) in [6.07, 6.45) is 5.61. The van der Waals surface area contributed by atoms with Crippen molar-refractivity contribution in [2.24, 2.45) is 0 Å². The topological polar surface area (TPSA) is 18.5 Å². The zero-order valence-corrected chi connectivity index (χ0v) is 8.85. The maximum atomic E-state index is 5.36. The third-order valence-electron chi connectivity index (χ3n) is 2.44. The lowest BCUT2D eigenvalue weighted by molar-refractivity contribution is -0.212. The van der Waals surface area contributed by atoms with Gasteiger partial charge < -0.3 is 9.47 Å². The Hall–Kier alpha value is -0.0800. The number of unbranched alkanes of at least 4 members (excludes halogenated alkanes) is 2. The molecule has 0 amide bonds. The van der Waals surface area contributed by atoms with Crippen LogP contribution in [0.1, 0.15) is 46.0 Å². The second-order valence-electron chi connectivity index (χ2n) is 3.13. The Labute approximate surface area is 76.3 Å². The molecule has 0 bridgehead atoms. The van der Waals surface area contributed by atoms with Crippen molar-refractivity contribution in [2.75, 3.05) is 14.2 Å². The van der Waals surface area contributed by atoms with Gasteiger partial charge in [0, 0.05) is 20.6 Å². The van der Waals surface area contributed by atoms with E-state index < -0.39 is 0 Å². The van der Waals surface area contributed by atoms with Crippen LogP contribution in [0.15, 0.2) is 0 Å². The summed E-state index contributed by atoms with van der Waals surface area (Å²) in [5.74, 6) is -0.324. The van der Waals surface area contributed by atoms with Crippen LogP contribution >= 0.6 is 0 Å². The summed E-state index contributed by atoms with van der Waals surface area (Å²) >= 11 is 0. The van der Waals surface area contributed by atoms with Gasteiger partial charge >= 0.3 is 0 Å². The number of ether oxygens (including phenoxy) is 2. The number of hydrogen-bond donors (Lipinski definition) is 0. The molecule has 0 rings (SSSR count). The van der Waals surface area contributed by atoms with Gasteiger partial charge in [0.1, 0.15) is 0 Å². The molecule has 0 fully saturated rings. The fourth-order valence-corrected chi connectivity index (χ4v) is 1.40. The van der Waals surface area contributed by atoms with Crippen LogP contribution in [0.2, 0.25) is 0 Å². The minimum Gasteiger partial charge on any atom is -0.353 e. The number of methoxy groups -OCH3 is 2. The van der Waals surface area contributed by atoms with Crippen LogP contribution in [0.25, 0.3) is 0 Å². The lowest BCUT2D eigenvalue weighted by Gasteiger charge is -2.29. The van der Waals surface area contributed by atoms with Gasteiger partial charge in [-0.1, -0.05) is 26.7 Å². The average Bonchev–Trinajstić information content (AvgIpc) is 2.14. The molecule has 0 aromatic rings. The van der Waals surface area contributed by atoms with Gasteiger partial charge in [0.05, 0.1) is 0 Å². The molecule has 0 aliphatic heterocycles. The molecule has 0 aliphatic rings. The summed E-state index contributed by atoms with van der Waals surface area (Å²) in [6, 6.07) is 0. The molecule has 2 nitrogen and oxygen atoms in total. The van der Waals surface area contributed by atoms with Gasteiger partial charge in [-0.2, -0.15) is 0 Å². The van der Waals surface area contributed by atoms with E-state index in [-0.39, 0.29) is 5.79 Å². The van der Waals surface area contributed by atoms with Crippen molar-refractivity contribution in [1.82, 2.24) is 0 Å². The van der Waals surface area contributed by atoms with E-state index in [1.54, 1.807) is 14.2 Å². The second kappa shape index (κ2) is 6.44. The summed E-state index contributed by atoms with van der Waals surface area (Å²) < 4.78 is 10.7. The molecule has 0 aromatic heterocycles. The zero-order chi connectivity index (χ0) is 9.45. The molecule has 0 unspecified atom stereocenters. The predicted molar refractivity (Wildman–Crippen MR) is 51.2 cm³/mol. The van der Waals surface area contributed by atoms with Crippen molar-refractivity contribution in [2.45, 2.75) is 51.7 Å². The fourth-order valence-electron chi connectivity index (χ4n) is 1.40. The molecule has 0 N–H and O–H groups in total. The maximum absolute atomic E-state index is 5.36. The van der Waals surface area contributed by atoms with Crippen molar-refractivity contribution >= 4 is 0 Å². The van der Waals surface area contributed by atoms with Gasteiger partial charge in [-0.15, -0.1) is 0 Å². The summed E-state index contributed by atoms with van der Waals surface area (Å²) in [6.45, 7) is 4.30. The first-order chi connectivity index (χ1) is 5.74. The first-order valence-corrected chi connectivity index (χ1v) is 4.85. The van der Waals surface area contributed by atoms with Crippen LogP contribution in [0.3, 0.4) is 0 Å². The van der Waals surface area contributed by atoms with E-state index in [0.717, 1.165) is 12.8 Å². The molecule has 0 atom stereocenters. The van der Waals surface area contributed by atoms with Gasteiger partial charge in [0.25, 0.3) is 0 Å². The molecular weight excluding hydrogens is 152 g/mol. The molecule has 0 aliphatic carbocycles. The molecule has 0 saturated carbocycles. The van der Waals surface area contributed by atoms with E-state index in [1.807, 2.05) is 0 Å². The van der Waals surface area contributed by atoms with E-state index >= 15 is 0 Å². The Morgan fingerprint density at radius 1 is 1.00 bits per heavy atom. The first-order valence-electron chi connectivity index (χ1n) is 4.85. The molecule has 0 radical (unpaired) electrons. The standard InChI is InChI=1S/C10H22O2/c1-5-7-8-9-10(6-2,11-3)12-4/h5-9H2,1-4H3. The van der Waals surface area contributed by atoms with Crippen LogP contribution in [-0.2, 0) is 9.47 Å². The van der Waals surface area contributed by atoms with Gasteiger partial charge in [-0.3, -0.25) is 0 Å². The molecular formula is C10H22O2. The third kappa shape index (κ3) is 3.55. The highest BCUT2D eigenvalue weighted by Crippen LogP contribution is 2.23. The van der Waals surface area contributed by atoms with Gasteiger partial charge in [-0.05, 0) is 12.8 Å². The van der Waals surface area contributed by atoms with Crippen molar-refractivity contribution in [3.8, 4) is 0 Å². The van der Waals surface area contributed by atoms with Crippen LogP contribution < -0.4 is 0 Å². The summed E-state index contributed by atoms with van der Waals surface area (Å²) in [7, 11) is 3.44. The molecule has 0 saturated heterocycles. The average molecular weight is 174 g/mol. The summed E-state index contributed by atoms with van der Waals surface area (Å²) in [5.41, 5.74) is 0. The van der Waals surface area contributed by atoms with Crippen molar-refractivity contribution in [3.05, 3.63) is 0 Å². The molecule has 0 heterocycles. The zero-order valence-electron chi connectivity index (χ0n) is 8.85. The van der Waals surface area contributed by atoms with E-state index in [0.29, 0.717) is 0 Å². The Balaban J connectivity index is 3.76. The van der Waals surface area contributed by atoms with Crippen molar-refractivity contribution in [3.63, 3.8) is 0 Å². The molecule has 0 spiro atoms. The summed E-state index contributed by atoms with van der Waals surface area (Å²) in [5, 5.41) is 0. The Morgan fingerprint density at radius 2 is 1.58 bits per heavy atom. The predicted octanol–water partition coefficient (Wildman–Crippen LogP) is 2.97. The van der Waals surface area contributed by atoms with E-state index in [4.69, 9.17) is 9.47 Å². The largest absolute Gasteiger partial charge is 0.353 e. The highest BCUT2D eigenvalue weighted by molar-refractivity contribution is 4.66. The van der Waals surface area contributed by atoms with Crippen LogP contribution in [0.4, 0.5) is 0 Å². The quantitative estimate of drug-likeness (QED) is 0.436. The van der Waals surface area contributed by atoms with Crippen molar-refractivity contribution in [1.29, 1.82) is 0 Å². The van der Waals surface area contributed by atoms with Crippen LogP contribution in [0.5, 0.6) is 0 Å². The lowest BCUT2D eigenvalue weighted by atomic mass is 10.1. The highest BCUT2D eigenvalue weighted by Gasteiger charge is 2.25. The van der Waals surface area contributed by atoms with Gasteiger partial charge in [-0.25, -0.2) is 0 Å². The van der Waals surface area contributed by atoms with Crippen molar-refractivity contribution < 1.29 is 9.47 Å². The minimum atomic E-state index is -0.324. The Morgan fingerprint density at radius 3 is 1.92 bits per heavy atom. The second-order valence-corrected chi connectivity index (χ2v) is 3.13. The van der Waals surface area contributed by atoms with Gasteiger partial charge in [0.2, 0.25) is 0 Å². The Kier molecular flexibility index (Phi) is 6.39. The first kappa shape index (κ1) is 11.9. The van der Waals surface area contributed by atoms with E-state index in [9.17, 15) is 0 Å². The smallest absolute Gasteiger partial charge is 0.167 e. The minimum absolute atomic E-state index is 0.324. The molecule has 74 valence electrons. The van der Waals surface area contributed by atoms with E-state index in [2.05, 4.69) is 13.8 Å². The normalized spacial score (nSPS) is 12.0.